The molecule has 7 heteroatoms. The first kappa shape index (κ1) is 15.2. The maximum Gasteiger partial charge on any atom is 0.240 e. The molecule has 1 aliphatic rings. The van der Waals surface area contributed by atoms with Gasteiger partial charge >= 0.3 is 0 Å². The summed E-state index contributed by atoms with van der Waals surface area (Å²) in [6, 6.07) is 4.67. The van der Waals surface area contributed by atoms with Crippen molar-refractivity contribution in [2.24, 2.45) is 0 Å². The van der Waals surface area contributed by atoms with Crippen LogP contribution in [0.3, 0.4) is 0 Å². The molecule has 0 aromatic heterocycles. The molecule has 19 heavy (non-hydrogen) atoms. The molecule has 0 radical (unpaired) electrons. The van der Waals surface area contributed by atoms with Crippen LogP contribution < -0.4 is 10.5 Å². The van der Waals surface area contributed by atoms with Gasteiger partial charge in [-0.15, -0.1) is 0 Å². The lowest BCUT2D eigenvalue weighted by atomic mass is 9.84. The first-order chi connectivity index (χ1) is 8.88. The van der Waals surface area contributed by atoms with E-state index in [1.54, 1.807) is 23.9 Å². The Bertz CT molecular complexity index is 566. The predicted octanol–water partition coefficient (Wildman–Crippen LogP) is 2.60. The molecular formula is C12H17BrN2O2S2. The largest absolute Gasteiger partial charge is 0.398 e. The third kappa shape index (κ3) is 3.26. The molecule has 0 aliphatic heterocycles. The van der Waals surface area contributed by atoms with Gasteiger partial charge in [-0.2, -0.15) is 11.8 Å². The number of anilines is 1. The molecule has 0 atom stereocenters. The van der Waals surface area contributed by atoms with Gasteiger partial charge < -0.3 is 5.73 Å². The molecule has 1 aliphatic carbocycles. The monoisotopic (exact) mass is 364 g/mol. The fourth-order valence-corrected chi connectivity index (χ4v) is 4.44. The number of nitrogens with one attached hydrogen (secondary N) is 1. The second-order valence-corrected chi connectivity index (χ2v) is 8.64. The molecule has 0 heterocycles. The lowest BCUT2D eigenvalue weighted by Gasteiger charge is -2.40. The van der Waals surface area contributed by atoms with Gasteiger partial charge in [-0.3, -0.25) is 0 Å². The van der Waals surface area contributed by atoms with Crippen molar-refractivity contribution in [3.05, 3.63) is 22.7 Å². The van der Waals surface area contributed by atoms with Crippen LogP contribution in [-0.2, 0) is 10.0 Å². The van der Waals surface area contributed by atoms with Crippen LogP contribution in [0.25, 0.3) is 0 Å². The van der Waals surface area contributed by atoms with Crippen LogP contribution in [0.2, 0.25) is 0 Å². The van der Waals surface area contributed by atoms with Crippen molar-refractivity contribution in [3.63, 3.8) is 0 Å². The van der Waals surface area contributed by atoms with Gasteiger partial charge in [0.05, 0.1) is 4.90 Å². The number of nitrogens with two attached hydrogens (primary N) is 1. The van der Waals surface area contributed by atoms with Crippen LogP contribution in [0, 0.1) is 0 Å². The molecule has 0 unspecified atom stereocenters. The van der Waals surface area contributed by atoms with Gasteiger partial charge in [0, 0.05) is 21.5 Å². The second-order valence-electron chi connectivity index (χ2n) is 4.75. The first-order valence-electron chi connectivity index (χ1n) is 5.98. The van der Waals surface area contributed by atoms with Crippen LogP contribution in [0.15, 0.2) is 27.6 Å². The maximum absolute atomic E-state index is 12.2. The van der Waals surface area contributed by atoms with Crippen LogP contribution in [0.5, 0.6) is 0 Å². The summed E-state index contributed by atoms with van der Waals surface area (Å²) in [5.74, 6) is 0. The lowest BCUT2D eigenvalue weighted by Crippen LogP contribution is -2.45. The van der Waals surface area contributed by atoms with E-state index < -0.39 is 10.0 Å². The number of sulfonamides is 1. The van der Waals surface area contributed by atoms with Gasteiger partial charge in [-0.05, 0) is 53.2 Å². The lowest BCUT2D eigenvalue weighted by molar-refractivity contribution is 0.362. The van der Waals surface area contributed by atoms with Crippen molar-refractivity contribution in [2.45, 2.75) is 28.9 Å². The Balaban J connectivity index is 2.11. The van der Waals surface area contributed by atoms with E-state index in [4.69, 9.17) is 5.73 Å². The van der Waals surface area contributed by atoms with E-state index in [1.165, 1.54) is 12.5 Å². The molecule has 0 amide bonds. The van der Waals surface area contributed by atoms with Gasteiger partial charge in [0.25, 0.3) is 0 Å². The molecule has 0 spiro atoms. The van der Waals surface area contributed by atoms with E-state index in [0.717, 1.165) is 12.8 Å². The Kier molecular flexibility index (Phi) is 4.49. The Morgan fingerprint density at radius 2 is 2.16 bits per heavy atom. The molecular weight excluding hydrogens is 348 g/mol. The van der Waals surface area contributed by atoms with E-state index >= 15 is 0 Å². The zero-order valence-corrected chi connectivity index (χ0v) is 13.9. The average molecular weight is 365 g/mol. The van der Waals surface area contributed by atoms with E-state index in [0.29, 0.717) is 16.7 Å². The molecule has 1 aromatic carbocycles. The topological polar surface area (TPSA) is 72.2 Å². The summed E-state index contributed by atoms with van der Waals surface area (Å²) in [6.07, 6.45) is 5.34. The summed E-state index contributed by atoms with van der Waals surface area (Å²) in [7, 11) is -3.48. The minimum atomic E-state index is -3.48. The highest BCUT2D eigenvalue weighted by Gasteiger charge is 2.37. The van der Waals surface area contributed by atoms with E-state index in [1.807, 2.05) is 6.26 Å². The molecule has 1 fully saturated rings. The van der Waals surface area contributed by atoms with Crippen molar-refractivity contribution >= 4 is 43.4 Å². The Morgan fingerprint density at radius 1 is 1.47 bits per heavy atom. The molecule has 106 valence electrons. The average Bonchev–Trinajstić information content (AvgIpc) is 2.31. The Labute approximate surface area is 126 Å². The molecule has 2 rings (SSSR count). The van der Waals surface area contributed by atoms with E-state index in [2.05, 4.69) is 20.7 Å². The number of nitrogen functional groups attached to an aromatic ring is 1. The van der Waals surface area contributed by atoms with Crippen LogP contribution in [0.4, 0.5) is 5.69 Å². The molecule has 1 saturated carbocycles. The number of rotatable bonds is 5. The summed E-state index contributed by atoms with van der Waals surface area (Å²) in [6.45, 7) is 0.479. The van der Waals surface area contributed by atoms with Gasteiger partial charge in [-0.25, -0.2) is 13.1 Å². The third-order valence-corrected chi connectivity index (χ3v) is 7.10. The van der Waals surface area contributed by atoms with E-state index in [-0.39, 0.29) is 9.64 Å². The number of benzene rings is 1. The zero-order chi connectivity index (χ0) is 14.1. The molecule has 1 aromatic rings. The Hall–Kier alpha value is -0.240. The normalized spacial score (nSPS) is 18.0. The van der Waals surface area contributed by atoms with Crippen molar-refractivity contribution < 1.29 is 8.42 Å². The number of hydrogen-bond donors (Lipinski definition) is 2. The summed E-state index contributed by atoms with van der Waals surface area (Å²) in [5, 5.41) is 0. The van der Waals surface area contributed by atoms with Crippen LogP contribution in [0.1, 0.15) is 19.3 Å². The maximum atomic E-state index is 12.2. The third-order valence-electron chi connectivity index (χ3n) is 3.56. The smallest absolute Gasteiger partial charge is 0.240 e. The number of hydrogen-bond acceptors (Lipinski definition) is 4. The van der Waals surface area contributed by atoms with Gasteiger partial charge in [0.2, 0.25) is 10.0 Å². The highest BCUT2D eigenvalue weighted by Crippen LogP contribution is 2.42. The number of thioether (sulfide) groups is 1. The second kappa shape index (κ2) is 5.63. The fourth-order valence-electron chi connectivity index (χ4n) is 2.02. The van der Waals surface area contributed by atoms with Gasteiger partial charge in [0.1, 0.15) is 0 Å². The fraction of sp³-hybridized carbons (Fsp3) is 0.500. The Morgan fingerprint density at radius 3 is 2.63 bits per heavy atom. The van der Waals surface area contributed by atoms with Crippen molar-refractivity contribution in [2.75, 3.05) is 18.5 Å². The van der Waals surface area contributed by atoms with Crippen molar-refractivity contribution in [1.29, 1.82) is 0 Å². The minimum Gasteiger partial charge on any atom is -0.398 e. The molecule has 3 N–H and O–H groups in total. The van der Waals surface area contributed by atoms with Crippen LogP contribution in [-0.4, -0.2) is 26.0 Å². The molecule has 0 saturated heterocycles. The van der Waals surface area contributed by atoms with E-state index in [9.17, 15) is 8.42 Å². The quantitative estimate of drug-likeness (QED) is 0.787. The first-order valence-corrected chi connectivity index (χ1v) is 9.48. The van der Waals surface area contributed by atoms with Crippen molar-refractivity contribution in [1.82, 2.24) is 4.72 Å². The minimum absolute atomic E-state index is 0.0774. The van der Waals surface area contributed by atoms with Gasteiger partial charge in [0.15, 0.2) is 0 Å². The summed E-state index contributed by atoms with van der Waals surface area (Å²) in [4.78, 5) is 0.212. The summed E-state index contributed by atoms with van der Waals surface area (Å²) < 4.78 is 27.9. The standard InChI is InChI=1S/C12H17BrN2O2S2/c1-18-12(5-2-6-12)8-15-19(16,17)9-3-4-10(13)11(14)7-9/h3-4,7,15H,2,5-6,8,14H2,1H3. The summed E-state index contributed by atoms with van der Waals surface area (Å²) >= 11 is 5.00. The van der Waals surface area contributed by atoms with Crippen molar-refractivity contribution in [3.8, 4) is 0 Å². The predicted molar refractivity (Wildman–Crippen MR) is 83.8 cm³/mol. The molecule has 4 nitrogen and oxygen atoms in total. The summed E-state index contributed by atoms with van der Waals surface area (Å²) in [5.41, 5.74) is 6.14. The SMILES string of the molecule is CSC1(CNS(=O)(=O)c2ccc(Br)c(N)c2)CCC1. The zero-order valence-electron chi connectivity index (χ0n) is 10.6. The number of halogens is 1. The molecule has 0 bridgehead atoms. The van der Waals surface area contributed by atoms with Crippen LogP contribution >= 0.6 is 27.7 Å². The highest BCUT2D eigenvalue weighted by molar-refractivity contribution is 9.10. The van der Waals surface area contributed by atoms with Gasteiger partial charge in [-0.1, -0.05) is 6.42 Å². The highest BCUT2D eigenvalue weighted by atomic mass is 79.9.